The minimum atomic E-state index is -4.50. The summed E-state index contributed by atoms with van der Waals surface area (Å²) in [7, 11) is 1.46. The Labute approximate surface area is 121 Å². The lowest BCUT2D eigenvalue weighted by atomic mass is 10.1. The average molecular weight is 304 g/mol. The number of carbonyl (C=O) groups is 1. The van der Waals surface area contributed by atoms with E-state index in [2.05, 4.69) is 10.6 Å². The number of ether oxygens (including phenoxy) is 1. The van der Waals surface area contributed by atoms with Gasteiger partial charge in [-0.2, -0.15) is 13.2 Å². The maximum Gasteiger partial charge on any atom is 0.419 e. The molecule has 0 aliphatic heterocycles. The monoisotopic (exact) mass is 304 g/mol. The molecule has 7 heteroatoms. The van der Waals surface area contributed by atoms with Gasteiger partial charge in [0.15, 0.2) is 0 Å². The van der Waals surface area contributed by atoms with E-state index in [1.54, 1.807) is 6.07 Å². The predicted octanol–water partition coefficient (Wildman–Crippen LogP) is 2.33. The van der Waals surface area contributed by atoms with Gasteiger partial charge in [0.2, 0.25) is 5.91 Å². The quantitative estimate of drug-likeness (QED) is 0.813. The third-order valence-corrected chi connectivity index (χ3v) is 2.79. The van der Waals surface area contributed by atoms with Crippen LogP contribution in [-0.4, -0.2) is 26.1 Å². The summed E-state index contributed by atoms with van der Waals surface area (Å²) in [6.45, 7) is 2.81. The molecular formula is C14H19F3N2O2. The highest BCUT2D eigenvalue weighted by Crippen LogP contribution is 2.36. The number of hydrogen-bond acceptors (Lipinski definition) is 3. The number of rotatable bonds is 7. The standard InChI is InChI=1S/C14H19F3N2O2/c1-3-19-9-10-4-5-12(11(8-10)14(15,16)17)21-7-6-13(20)18-2/h4-5,8,19H,3,6-7,9H2,1-2H3,(H,18,20). The lowest BCUT2D eigenvalue weighted by molar-refractivity contribution is -0.139. The van der Waals surface area contributed by atoms with Crippen molar-refractivity contribution in [3.05, 3.63) is 29.3 Å². The van der Waals surface area contributed by atoms with Gasteiger partial charge in [0.1, 0.15) is 5.75 Å². The van der Waals surface area contributed by atoms with Gasteiger partial charge >= 0.3 is 6.18 Å². The van der Waals surface area contributed by atoms with Crippen molar-refractivity contribution < 1.29 is 22.7 Å². The van der Waals surface area contributed by atoms with Gasteiger partial charge in [-0.25, -0.2) is 0 Å². The number of benzene rings is 1. The van der Waals surface area contributed by atoms with Crippen molar-refractivity contribution in [1.82, 2.24) is 10.6 Å². The molecule has 1 amide bonds. The van der Waals surface area contributed by atoms with Crippen LogP contribution in [-0.2, 0) is 17.5 Å². The minimum Gasteiger partial charge on any atom is -0.492 e. The second kappa shape index (κ2) is 7.87. The number of amides is 1. The van der Waals surface area contributed by atoms with E-state index >= 15 is 0 Å². The number of alkyl halides is 3. The fourth-order valence-corrected chi connectivity index (χ4v) is 1.68. The SMILES string of the molecule is CCNCc1ccc(OCCC(=O)NC)c(C(F)(F)F)c1. The molecule has 0 aliphatic rings. The van der Waals surface area contributed by atoms with E-state index in [-0.39, 0.29) is 24.7 Å². The molecule has 0 aromatic heterocycles. The molecule has 0 atom stereocenters. The van der Waals surface area contributed by atoms with Crippen molar-refractivity contribution in [3.63, 3.8) is 0 Å². The van der Waals surface area contributed by atoms with Crippen molar-refractivity contribution in [3.8, 4) is 5.75 Å². The van der Waals surface area contributed by atoms with Crippen LogP contribution in [0.4, 0.5) is 13.2 Å². The van der Waals surface area contributed by atoms with Crippen LogP contribution >= 0.6 is 0 Å². The smallest absolute Gasteiger partial charge is 0.419 e. The van der Waals surface area contributed by atoms with Crippen LogP contribution < -0.4 is 15.4 Å². The topological polar surface area (TPSA) is 50.4 Å². The van der Waals surface area contributed by atoms with Crippen LogP contribution in [0.25, 0.3) is 0 Å². The lowest BCUT2D eigenvalue weighted by Gasteiger charge is -2.15. The van der Waals surface area contributed by atoms with E-state index in [0.717, 1.165) is 6.07 Å². The van der Waals surface area contributed by atoms with E-state index < -0.39 is 11.7 Å². The molecular weight excluding hydrogens is 285 g/mol. The van der Waals surface area contributed by atoms with Crippen LogP contribution in [0.5, 0.6) is 5.75 Å². The van der Waals surface area contributed by atoms with Gasteiger partial charge in [-0.3, -0.25) is 4.79 Å². The van der Waals surface area contributed by atoms with E-state index in [1.165, 1.54) is 13.1 Å². The predicted molar refractivity (Wildman–Crippen MR) is 73.0 cm³/mol. The van der Waals surface area contributed by atoms with Crippen molar-refractivity contribution in [1.29, 1.82) is 0 Å². The molecule has 0 heterocycles. The van der Waals surface area contributed by atoms with Crippen molar-refractivity contribution >= 4 is 5.91 Å². The largest absolute Gasteiger partial charge is 0.492 e. The third-order valence-electron chi connectivity index (χ3n) is 2.79. The lowest BCUT2D eigenvalue weighted by Crippen LogP contribution is -2.20. The van der Waals surface area contributed by atoms with Crippen LogP contribution in [0.1, 0.15) is 24.5 Å². The van der Waals surface area contributed by atoms with Crippen LogP contribution in [0, 0.1) is 0 Å². The number of hydrogen-bond donors (Lipinski definition) is 2. The molecule has 1 rings (SSSR count). The summed E-state index contributed by atoms with van der Waals surface area (Å²) in [5, 5.41) is 5.35. The summed E-state index contributed by atoms with van der Waals surface area (Å²) in [6.07, 6.45) is -4.49. The Kier molecular flexibility index (Phi) is 6.48. The van der Waals surface area contributed by atoms with E-state index in [4.69, 9.17) is 4.74 Å². The maximum atomic E-state index is 13.0. The fraction of sp³-hybridized carbons (Fsp3) is 0.500. The van der Waals surface area contributed by atoms with E-state index in [0.29, 0.717) is 18.7 Å². The van der Waals surface area contributed by atoms with Gasteiger partial charge in [0, 0.05) is 13.6 Å². The molecule has 0 spiro atoms. The first kappa shape index (κ1) is 17.3. The minimum absolute atomic E-state index is 0.00688. The molecule has 118 valence electrons. The van der Waals surface area contributed by atoms with E-state index in [1.807, 2.05) is 6.92 Å². The average Bonchev–Trinajstić information content (AvgIpc) is 2.44. The first-order valence-corrected chi connectivity index (χ1v) is 6.62. The second-order valence-corrected chi connectivity index (χ2v) is 4.38. The normalized spacial score (nSPS) is 11.3. The van der Waals surface area contributed by atoms with Gasteiger partial charge in [0.05, 0.1) is 18.6 Å². The first-order valence-electron chi connectivity index (χ1n) is 6.62. The van der Waals surface area contributed by atoms with Gasteiger partial charge in [-0.15, -0.1) is 0 Å². The van der Waals surface area contributed by atoms with E-state index in [9.17, 15) is 18.0 Å². The molecule has 0 saturated carbocycles. The number of halogens is 3. The molecule has 0 aliphatic carbocycles. The Balaban J connectivity index is 2.84. The molecule has 0 saturated heterocycles. The van der Waals surface area contributed by atoms with Gasteiger partial charge in [-0.05, 0) is 24.2 Å². The molecule has 0 bridgehead atoms. The first-order chi connectivity index (χ1) is 9.88. The summed E-state index contributed by atoms with van der Waals surface area (Å²) in [4.78, 5) is 11.0. The van der Waals surface area contributed by atoms with Crippen molar-refractivity contribution in [2.45, 2.75) is 26.1 Å². The summed E-state index contributed by atoms with van der Waals surface area (Å²) in [5.41, 5.74) is -0.294. The summed E-state index contributed by atoms with van der Waals surface area (Å²) < 4.78 is 44.2. The highest BCUT2D eigenvalue weighted by molar-refractivity contribution is 5.75. The number of nitrogens with one attached hydrogen (secondary N) is 2. The van der Waals surface area contributed by atoms with Crippen molar-refractivity contribution in [2.24, 2.45) is 0 Å². The molecule has 0 unspecified atom stereocenters. The third kappa shape index (κ3) is 5.63. The van der Waals surface area contributed by atoms with Crippen LogP contribution in [0.3, 0.4) is 0 Å². The molecule has 4 nitrogen and oxygen atoms in total. The van der Waals surface area contributed by atoms with Gasteiger partial charge in [0.25, 0.3) is 0 Å². The number of carbonyl (C=O) groups excluding carboxylic acids is 1. The van der Waals surface area contributed by atoms with Crippen LogP contribution in [0.2, 0.25) is 0 Å². The molecule has 1 aromatic rings. The fourth-order valence-electron chi connectivity index (χ4n) is 1.68. The zero-order valence-corrected chi connectivity index (χ0v) is 12.0. The van der Waals surface area contributed by atoms with Gasteiger partial charge < -0.3 is 15.4 Å². The Morgan fingerprint density at radius 3 is 2.62 bits per heavy atom. The van der Waals surface area contributed by atoms with Gasteiger partial charge in [-0.1, -0.05) is 13.0 Å². The molecule has 2 N–H and O–H groups in total. The molecule has 0 radical (unpaired) electrons. The summed E-state index contributed by atoms with van der Waals surface area (Å²) in [5.74, 6) is -0.543. The Hall–Kier alpha value is -1.76. The second-order valence-electron chi connectivity index (χ2n) is 4.38. The Morgan fingerprint density at radius 1 is 1.33 bits per heavy atom. The molecule has 1 aromatic carbocycles. The zero-order valence-electron chi connectivity index (χ0n) is 12.0. The highest BCUT2D eigenvalue weighted by Gasteiger charge is 2.34. The Morgan fingerprint density at radius 2 is 2.05 bits per heavy atom. The highest BCUT2D eigenvalue weighted by atomic mass is 19.4. The molecule has 21 heavy (non-hydrogen) atoms. The molecule has 0 fully saturated rings. The summed E-state index contributed by atoms with van der Waals surface area (Å²) in [6, 6.07) is 3.93. The zero-order chi connectivity index (χ0) is 15.9. The van der Waals surface area contributed by atoms with Crippen molar-refractivity contribution in [2.75, 3.05) is 20.2 Å². The Bertz CT molecular complexity index is 476. The summed E-state index contributed by atoms with van der Waals surface area (Å²) >= 11 is 0. The van der Waals surface area contributed by atoms with Crippen LogP contribution in [0.15, 0.2) is 18.2 Å². The maximum absolute atomic E-state index is 13.0.